The Balaban J connectivity index is 1.31. The van der Waals surface area contributed by atoms with Crippen molar-refractivity contribution in [1.82, 2.24) is 19.9 Å². The molecule has 0 radical (unpaired) electrons. The molecule has 10 nitrogen and oxygen atoms in total. The second kappa shape index (κ2) is 11.1. The average molecular weight is 557 g/mol. The van der Waals surface area contributed by atoms with E-state index in [2.05, 4.69) is 30.6 Å². The highest BCUT2D eigenvalue weighted by molar-refractivity contribution is 6.01. The first kappa shape index (κ1) is 27.4. The normalized spacial score (nSPS) is 11.3. The minimum atomic E-state index is -0.596. The number of anilines is 2. The fourth-order valence-corrected chi connectivity index (χ4v) is 4.09. The van der Waals surface area contributed by atoms with E-state index in [9.17, 15) is 9.18 Å². The number of aromatic amines is 1. The van der Waals surface area contributed by atoms with Gasteiger partial charge in [-0.05, 0) is 48.5 Å². The summed E-state index contributed by atoms with van der Waals surface area (Å²) >= 11 is 0. The molecule has 0 spiro atoms. The molecule has 0 unspecified atom stereocenters. The highest BCUT2D eigenvalue weighted by Gasteiger charge is 2.23. The summed E-state index contributed by atoms with van der Waals surface area (Å²) in [6.45, 7) is 5.98. The van der Waals surface area contributed by atoms with Crippen LogP contribution in [0.25, 0.3) is 22.2 Å². The van der Waals surface area contributed by atoms with Gasteiger partial charge in [0.2, 0.25) is 5.95 Å². The average Bonchev–Trinajstić information content (AvgIpc) is 3.38. The summed E-state index contributed by atoms with van der Waals surface area (Å²) in [5, 5.41) is 6.34. The van der Waals surface area contributed by atoms with E-state index in [0.717, 1.165) is 5.39 Å². The molecular weight excluding hydrogens is 527 g/mol. The van der Waals surface area contributed by atoms with Gasteiger partial charge in [-0.3, -0.25) is 10.3 Å². The highest BCUT2D eigenvalue weighted by Crippen LogP contribution is 2.37. The third kappa shape index (κ3) is 6.03. The molecule has 41 heavy (non-hydrogen) atoms. The van der Waals surface area contributed by atoms with Crippen molar-refractivity contribution in [3.8, 4) is 34.3 Å². The molecule has 3 heterocycles. The molecule has 11 heteroatoms. The van der Waals surface area contributed by atoms with E-state index in [-0.39, 0.29) is 5.41 Å². The van der Waals surface area contributed by atoms with Crippen molar-refractivity contribution in [3.63, 3.8) is 0 Å². The number of H-pyrrole nitrogens is 1. The van der Waals surface area contributed by atoms with Gasteiger partial charge in [-0.1, -0.05) is 20.8 Å². The number of rotatable bonds is 7. The number of nitrogens with one attached hydrogen (secondary N) is 3. The number of hydrogen-bond acceptors (Lipinski definition) is 7. The van der Waals surface area contributed by atoms with Gasteiger partial charge in [-0.25, -0.2) is 14.8 Å². The molecule has 0 aliphatic rings. The Labute approximate surface area is 235 Å². The molecular formula is C30H29FN6O4. The van der Waals surface area contributed by atoms with Gasteiger partial charge in [-0.15, -0.1) is 0 Å². The SMILES string of the molecule is COc1cc2nccc(Oc3ccc(NC(=O)Nc4nc(C(C)(C)C)[nH]c4-c4ccc(F)nc4)cc3)c2cc1OC. The Morgan fingerprint density at radius 3 is 2.29 bits per heavy atom. The van der Waals surface area contributed by atoms with Crippen LogP contribution < -0.4 is 24.8 Å². The summed E-state index contributed by atoms with van der Waals surface area (Å²) in [5.74, 6) is 2.65. The lowest BCUT2D eigenvalue weighted by molar-refractivity contribution is 0.262. The number of halogens is 1. The van der Waals surface area contributed by atoms with Crippen LogP contribution in [0.4, 0.5) is 20.7 Å². The van der Waals surface area contributed by atoms with Crippen LogP contribution >= 0.6 is 0 Å². The number of ether oxygens (including phenoxy) is 3. The summed E-state index contributed by atoms with van der Waals surface area (Å²) in [5.41, 5.74) is 2.04. The number of carbonyl (C=O) groups excluding carboxylic acids is 1. The van der Waals surface area contributed by atoms with E-state index in [4.69, 9.17) is 14.2 Å². The number of nitrogens with zero attached hydrogens (tertiary/aromatic N) is 3. The van der Waals surface area contributed by atoms with E-state index in [1.807, 2.05) is 26.8 Å². The first-order valence-corrected chi connectivity index (χ1v) is 12.7. The zero-order valence-electron chi connectivity index (χ0n) is 23.2. The Bertz CT molecular complexity index is 1700. The van der Waals surface area contributed by atoms with Crippen molar-refractivity contribution in [2.24, 2.45) is 0 Å². The number of hydrogen-bond donors (Lipinski definition) is 3. The van der Waals surface area contributed by atoms with Gasteiger partial charge >= 0.3 is 6.03 Å². The summed E-state index contributed by atoms with van der Waals surface area (Å²) in [6.07, 6.45) is 3.04. The number of pyridine rings is 2. The first-order chi connectivity index (χ1) is 19.6. The third-order valence-electron chi connectivity index (χ3n) is 6.21. The maximum Gasteiger partial charge on any atom is 0.324 e. The molecule has 0 aliphatic carbocycles. The van der Waals surface area contributed by atoms with E-state index in [1.165, 1.54) is 12.3 Å². The minimum Gasteiger partial charge on any atom is -0.493 e. The Hall–Kier alpha value is -5.19. The molecule has 3 N–H and O–H groups in total. The number of amides is 2. The predicted octanol–water partition coefficient (Wildman–Crippen LogP) is 6.91. The van der Waals surface area contributed by atoms with Crippen molar-refractivity contribution in [3.05, 3.63) is 78.8 Å². The number of benzene rings is 2. The van der Waals surface area contributed by atoms with Gasteiger partial charge in [0, 0.05) is 40.5 Å². The van der Waals surface area contributed by atoms with Crippen LogP contribution in [0.1, 0.15) is 26.6 Å². The van der Waals surface area contributed by atoms with Crippen LogP contribution in [0.15, 0.2) is 67.0 Å². The molecule has 2 aromatic carbocycles. The second-order valence-corrected chi connectivity index (χ2v) is 10.2. The third-order valence-corrected chi connectivity index (χ3v) is 6.21. The number of imidazole rings is 1. The summed E-state index contributed by atoms with van der Waals surface area (Å²) < 4.78 is 30.3. The van der Waals surface area contributed by atoms with Crippen molar-refractivity contribution >= 4 is 28.4 Å². The topological polar surface area (TPSA) is 123 Å². The maximum atomic E-state index is 13.4. The first-order valence-electron chi connectivity index (χ1n) is 12.7. The summed E-state index contributed by atoms with van der Waals surface area (Å²) in [6, 6.07) is 14.6. The molecule has 5 rings (SSSR count). The van der Waals surface area contributed by atoms with Gasteiger partial charge in [0.15, 0.2) is 17.3 Å². The van der Waals surface area contributed by atoms with E-state index in [1.54, 1.807) is 62.9 Å². The monoisotopic (exact) mass is 556 g/mol. The molecule has 0 aliphatic heterocycles. The van der Waals surface area contributed by atoms with Crippen LogP contribution in [-0.2, 0) is 5.41 Å². The Morgan fingerprint density at radius 1 is 0.902 bits per heavy atom. The zero-order chi connectivity index (χ0) is 29.1. The molecule has 5 aromatic rings. The van der Waals surface area contributed by atoms with E-state index < -0.39 is 12.0 Å². The van der Waals surface area contributed by atoms with Gasteiger partial charge in [0.25, 0.3) is 0 Å². The van der Waals surface area contributed by atoms with Gasteiger partial charge in [0.05, 0.1) is 25.4 Å². The molecule has 0 fully saturated rings. The molecule has 0 atom stereocenters. The minimum absolute atomic E-state index is 0.303. The van der Waals surface area contributed by atoms with Crippen LogP contribution in [0.3, 0.4) is 0 Å². The fraction of sp³-hybridized carbons (Fsp3) is 0.200. The van der Waals surface area contributed by atoms with E-state index in [0.29, 0.717) is 57.1 Å². The second-order valence-electron chi connectivity index (χ2n) is 10.2. The molecule has 210 valence electrons. The van der Waals surface area contributed by atoms with Crippen LogP contribution in [-0.4, -0.2) is 40.2 Å². The maximum absolute atomic E-state index is 13.4. The smallest absolute Gasteiger partial charge is 0.324 e. The molecule has 2 amide bonds. The standard InChI is InChI=1S/C30H29FN6O4/c1-30(2,3)28-35-26(17-6-11-25(31)33-16-17)27(36-28)37-29(38)34-18-7-9-19(10-8-18)41-22-12-13-32-21-15-24(40-5)23(39-4)14-20(21)22/h6-16H,1-5H3,(H,35,36)(H2,34,37,38). The number of urea groups is 1. The summed E-state index contributed by atoms with van der Waals surface area (Å²) in [7, 11) is 3.14. The molecule has 3 aromatic heterocycles. The quantitative estimate of drug-likeness (QED) is 0.186. The molecule has 0 saturated heterocycles. The van der Waals surface area contributed by atoms with Crippen molar-refractivity contribution in [1.29, 1.82) is 0 Å². The largest absolute Gasteiger partial charge is 0.493 e. The highest BCUT2D eigenvalue weighted by atomic mass is 19.1. The lowest BCUT2D eigenvalue weighted by Crippen LogP contribution is -2.20. The van der Waals surface area contributed by atoms with Crippen molar-refractivity contribution in [2.75, 3.05) is 24.9 Å². The lowest BCUT2D eigenvalue weighted by Gasteiger charge is -2.14. The van der Waals surface area contributed by atoms with E-state index >= 15 is 0 Å². The predicted molar refractivity (Wildman–Crippen MR) is 154 cm³/mol. The van der Waals surface area contributed by atoms with Crippen molar-refractivity contribution in [2.45, 2.75) is 26.2 Å². The lowest BCUT2D eigenvalue weighted by atomic mass is 9.96. The van der Waals surface area contributed by atoms with Crippen LogP contribution in [0.5, 0.6) is 23.0 Å². The molecule has 0 saturated carbocycles. The fourth-order valence-electron chi connectivity index (χ4n) is 4.09. The number of fused-ring (bicyclic) bond motifs is 1. The Kier molecular flexibility index (Phi) is 7.43. The molecule has 0 bridgehead atoms. The van der Waals surface area contributed by atoms with Gasteiger partial charge in [0.1, 0.15) is 17.3 Å². The number of methoxy groups -OCH3 is 2. The van der Waals surface area contributed by atoms with Gasteiger partial charge < -0.3 is 24.5 Å². The number of aromatic nitrogens is 4. The van der Waals surface area contributed by atoms with Crippen molar-refractivity contribution < 1.29 is 23.4 Å². The van der Waals surface area contributed by atoms with Crippen LogP contribution in [0, 0.1) is 5.95 Å². The van der Waals surface area contributed by atoms with Gasteiger partial charge in [-0.2, -0.15) is 4.39 Å². The Morgan fingerprint density at radius 2 is 1.63 bits per heavy atom. The van der Waals surface area contributed by atoms with Crippen LogP contribution in [0.2, 0.25) is 0 Å². The number of carbonyl (C=O) groups is 1. The summed E-state index contributed by atoms with van der Waals surface area (Å²) in [4.78, 5) is 28.8. The zero-order valence-corrected chi connectivity index (χ0v) is 23.2.